The van der Waals surface area contributed by atoms with E-state index in [1.165, 1.54) is 0 Å². The number of hydrogen-bond donors (Lipinski definition) is 6. The van der Waals surface area contributed by atoms with Gasteiger partial charge in [-0.15, -0.1) is 0 Å². The first-order chi connectivity index (χ1) is 19.9. The molecule has 0 heterocycles. The molecular formula is C30H54La2O12. The molecule has 0 fully saturated rings. The fourth-order valence-corrected chi connectivity index (χ4v) is 3.78. The summed E-state index contributed by atoms with van der Waals surface area (Å²) in [6.45, 7) is 0. The standard InChI is InChI=1S/3C10H18O4.2La/c3*11-9(12)7-5-3-1-2-4-6-8-10(13)14;;/h3*1-8H2,(H,11,12)(H,13,14);;. The first-order valence-corrected chi connectivity index (χ1v) is 15.2. The van der Waals surface area contributed by atoms with E-state index in [9.17, 15) is 28.8 Å². The van der Waals surface area contributed by atoms with Crippen molar-refractivity contribution in [2.45, 2.75) is 154 Å². The molecule has 0 aliphatic rings. The maximum Gasteiger partial charge on any atom is 0.303 e. The molecule has 0 aliphatic carbocycles. The van der Waals surface area contributed by atoms with Crippen LogP contribution in [0, 0.1) is 71.2 Å². The molecule has 0 spiro atoms. The fourth-order valence-electron chi connectivity index (χ4n) is 3.78. The average molecular weight is 885 g/mol. The number of carbonyl (C=O) groups is 6. The molecule has 0 bridgehead atoms. The minimum atomic E-state index is -0.740. The van der Waals surface area contributed by atoms with E-state index in [0.29, 0.717) is 0 Å². The Morgan fingerprint density at radius 2 is 0.318 bits per heavy atom. The Balaban J connectivity index is -0.000000169. The van der Waals surface area contributed by atoms with Gasteiger partial charge in [-0.2, -0.15) is 0 Å². The van der Waals surface area contributed by atoms with Crippen LogP contribution in [0.1, 0.15) is 154 Å². The summed E-state index contributed by atoms with van der Waals surface area (Å²) < 4.78 is 0. The van der Waals surface area contributed by atoms with Crippen molar-refractivity contribution in [2.24, 2.45) is 0 Å². The number of carboxylic acid groups (broad SMARTS) is 6. The number of unbranched alkanes of at least 4 members (excludes halogenated alkanes) is 15. The van der Waals surface area contributed by atoms with Gasteiger partial charge in [0.2, 0.25) is 0 Å². The second kappa shape index (κ2) is 42.2. The van der Waals surface area contributed by atoms with Gasteiger partial charge in [-0.1, -0.05) is 77.0 Å². The summed E-state index contributed by atoms with van der Waals surface area (Å²) in [4.78, 5) is 60.9. The molecule has 0 amide bonds. The normalized spacial score (nSPS) is 9.55. The summed E-state index contributed by atoms with van der Waals surface area (Å²) in [6, 6.07) is 0. The van der Waals surface area contributed by atoms with Crippen LogP contribution in [0.4, 0.5) is 0 Å². The minimum Gasteiger partial charge on any atom is -0.481 e. The fraction of sp³-hybridized carbons (Fsp3) is 0.800. The second-order valence-electron chi connectivity index (χ2n) is 10.2. The van der Waals surface area contributed by atoms with Gasteiger partial charge in [0, 0.05) is 110 Å². The van der Waals surface area contributed by atoms with E-state index < -0.39 is 35.8 Å². The van der Waals surface area contributed by atoms with Crippen molar-refractivity contribution in [3.8, 4) is 0 Å². The van der Waals surface area contributed by atoms with Gasteiger partial charge in [-0.05, 0) is 38.5 Å². The molecular weight excluding hydrogens is 830 g/mol. The van der Waals surface area contributed by atoms with E-state index in [1.54, 1.807) is 0 Å². The smallest absolute Gasteiger partial charge is 0.303 e. The molecule has 0 rings (SSSR count). The summed E-state index contributed by atoms with van der Waals surface area (Å²) in [6.07, 6.45) is 17.5. The Kier molecular flexibility index (Phi) is 50.6. The van der Waals surface area contributed by atoms with Gasteiger partial charge >= 0.3 is 35.8 Å². The zero-order valence-electron chi connectivity index (χ0n) is 26.3. The molecule has 0 aliphatic heterocycles. The van der Waals surface area contributed by atoms with Gasteiger partial charge in [0.1, 0.15) is 0 Å². The van der Waals surface area contributed by atoms with Crippen molar-refractivity contribution in [3.63, 3.8) is 0 Å². The van der Waals surface area contributed by atoms with Crippen LogP contribution in [-0.4, -0.2) is 66.5 Å². The first kappa shape index (κ1) is 52.7. The number of hydrogen-bond acceptors (Lipinski definition) is 6. The zero-order chi connectivity index (χ0) is 32.4. The number of aliphatic carboxylic acids is 6. The molecule has 0 saturated carbocycles. The summed E-state index contributed by atoms with van der Waals surface area (Å²) >= 11 is 0. The quantitative estimate of drug-likeness (QED) is 0.0467. The van der Waals surface area contributed by atoms with Gasteiger partial charge in [-0.3, -0.25) is 28.8 Å². The number of carboxylic acids is 6. The largest absolute Gasteiger partial charge is 0.481 e. The summed E-state index contributed by atoms with van der Waals surface area (Å²) in [5, 5.41) is 50.1. The van der Waals surface area contributed by atoms with Crippen LogP contribution in [0.15, 0.2) is 0 Å². The van der Waals surface area contributed by atoms with Crippen LogP contribution in [0.2, 0.25) is 0 Å². The molecule has 2 radical (unpaired) electrons. The predicted octanol–water partition coefficient (Wildman–Crippen LogP) is 6.83. The van der Waals surface area contributed by atoms with Gasteiger partial charge < -0.3 is 30.6 Å². The monoisotopic (exact) mass is 884 g/mol. The van der Waals surface area contributed by atoms with Crippen molar-refractivity contribution in [1.82, 2.24) is 0 Å². The van der Waals surface area contributed by atoms with E-state index in [2.05, 4.69) is 0 Å². The van der Waals surface area contributed by atoms with Crippen molar-refractivity contribution in [1.29, 1.82) is 0 Å². The third-order valence-corrected chi connectivity index (χ3v) is 6.09. The van der Waals surface area contributed by atoms with Crippen LogP contribution in [-0.2, 0) is 28.8 Å². The first-order valence-electron chi connectivity index (χ1n) is 15.2. The topological polar surface area (TPSA) is 224 Å². The molecule has 0 saturated heterocycles. The third-order valence-electron chi connectivity index (χ3n) is 6.09. The molecule has 6 N–H and O–H groups in total. The van der Waals surface area contributed by atoms with Crippen LogP contribution >= 0.6 is 0 Å². The molecule has 252 valence electrons. The average Bonchev–Trinajstić information content (AvgIpc) is 2.88. The summed E-state index contributed by atoms with van der Waals surface area (Å²) in [5.74, 6) is -4.44. The second-order valence-corrected chi connectivity index (χ2v) is 10.2. The molecule has 44 heavy (non-hydrogen) atoms. The van der Waals surface area contributed by atoms with Crippen molar-refractivity contribution >= 4 is 35.8 Å². The van der Waals surface area contributed by atoms with Gasteiger partial charge in [0.15, 0.2) is 0 Å². The van der Waals surface area contributed by atoms with Crippen LogP contribution in [0.3, 0.4) is 0 Å². The summed E-state index contributed by atoms with van der Waals surface area (Å²) in [5.41, 5.74) is 0. The van der Waals surface area contributed by atoms with Crippen LogP contribution in [0.25, 0.3) is 0 Å². The van der Waals surface area contributed by atoms with Gasteiger partial charge in [0.25, 0.3) is 0 Å². The van der Waals surface area contributed by atoms with E-state index in [0.717, 1.165) is 116 Å². The molecule has 0 aromatic carbocycles. The van der Waals surface area contributed by atoms with Gasteiger partial charge in [0.05, 0.1) is 0 Å². The molecule has 12 nitrogen and oxygen atoms in total. The maximum atomic E-state index is 10.1. The molecule has 14 heteroatoms. The summed E-state index contributed by atoms with van der Waals surface area (Å²) in [7, 11) is 0. The predicted molar refractivity (Wildman–Crippen MR) is 157 cm³/mol. The Morgan fingerprint density at radius 1 is 0.227 bits per heavy atom. The van der Waals surface area contributed by atoms with Crippen molar-refractivity contribution in [2.75, 3.05) is 0 Å². The zero-order valence-corrected chi connectivity index (χ0v) is 33.5. The van der Waals surface area contributed by atoms with Crippen molar-refractivity contribution < 1.29 is 131 Å². The maximum absolute atomic E-state index is 10.1. The Hall–Kier alpha value is -0.790. The Labute approximate surface area is 317 Å². The van der Waals surface area contributed by atoms with Crippen molar-refractivity contribution in [3.05, 3.63) is 0 Å². The SMILES string of the molecule is O=C(O)CCCCCCCCC(=O)O.O=C(O)CCCCCCCCC(=O)O.O=C(O)CCCCCCCCC(=O)O.[La].[La]. The third kappa shape index (κ3) is 64.2. The van der Waals surface area contributed by atoms with E-state index in [4.69, 9.17) is 30.6 Å². The molecule has 0 atom stereocenters. The van der Waals surface area contributed by atoms with Crippen LogP contribution in [0.5, 0.6) is 0 Å². The Morgan fingerprint density at radius 3 is 0.409 bits per heavy atom. The minimum absolute atomic E-state index is 0. The Bertz CT molecular complexity index is 578. The van der Waals surface area contributed by atoms with E-state index in [1.807, 2.05) is 0 Å². The van der Waals surface area contributed by atoms with Gasteiger partial charge in [-0.25, -0.2) is 0 Å². The molecule has 0 aromatic rings. The van der Waals surface area contributed by atoms with E-state index >= 15 is 0 Å². The number of rotatable bonds is 27. The van der Waals surface area contributed by atoms with Crippen LogP contribution < -0.4 is 0 Å². The van der Waals surface area contributed by atoms with E-state index in [-0.39, 0.29) is 110 Å². The molecule has 0 unspecified atom stereocenters. The molecule has 0 aromatic heterocycles.